The molecule has 3 rings (SSSR count). The number of hydrogen-bond donors (Lipinski definition) is 0. The number of ether oxygens (including phenoxy) is 1. The number of halogens is 3. The second-order valence-corrected chi connectivity index (χ2v) is 14.9. The van der Waals surface area contributed by atoms with Crippen LogP contribution in [0.5, 0.6) is 5.75 Å². The van der Waals surface area contributed by atoms with E-state index in [1.54, 1.807) is 0 Å². The van der Waals surface area contributed by atoms with Crippen molar-refractivity contribution in [2.75, 3.05) is 34.3 Å². The summed E-state index contributed by atoms with van der Waals surface area (Å²) in [6, 6.07) is 11.2. The number of unbranched alkanes of at least 4 members (excludes halogenated alkanes) is 15. The molecular weight excluding hydrogens is 672 g/mol. The van der Waals surface area contributed by atoms with Crippen LogP contribution in [0.4, 0.5) is 0 Å². The topological polar surface area (TPSA) is 14.2 Å². The van der Waals surface area contributed by atoms with Crippen molar-refractivity contribution in [3.8, 4) is 5.75 Å². The molecule has 0 saturated carbocycles. The number of rotatable bonds is 22. The number of aryl methyl sites for hydroxylation is 1. The van der Waals surface area contributed by atoms with Gasteiger partial charge >= 0.3 is 0 Å². The highest BCUT2D eigenvalue weighted by atomic mass is 79.9. The Kier molecular flexibility index (Phi) is 18.1. The molecule has 42 heavy (non-hydrogen) atoms. The second kappa shape index (κ2) is 20.3. The first-order valence-electron chi connectivity index (χ1n) is 16.6. The van der Waals surface area contributed by atoms with Gasteiger partial charge in [-0.2, -0.15) is 0 Å². The molecule has 0 atom stereocenters. The SMILES string of the molecule is CCCCCCCCCCCCCCCCOc1cc2c(cc1Br)c1cc(Br)ccc1n2CCCCC[N+](C)(C)C.[Cl-]. The van der Waals surface area contributed by atoms with E-state index in [1.165, 1.54) is 131 Å². The molecule has 3 aromatic rings. The highest BCUT2D eigenvalue weighted by Crippen LogP contribution is 2.38. The number of fused-ring (bicyclic) bond motifs is 3. The Morgan fingerprint density at radius 3 is 1.79 bits per heavy atom. The third kappa shape index (κ3) is 13.1. The molecule has 0 aliphatic carbocycles. The Bertz CT molecular complexity index is 1170. The molecule has 2 aromatic carbocycles. The van der Waals surface area contributed by atoms with Gasteiger partial charge < -0.3 is 26.2 Å². The largest absolute Gasteiger partial charge is 1.00 e. The van der Waals surface area contributed by atoms with Gasteiger partial charge in [0.25, 0.3) is 0 Å². The summed E-state index contributed by atoms with van der Waals surface area (Å²) in [4.78, 5) is 0. The highest BCUT2D eigenvalue weighted by Gasteiger charge is 2.15. The van der Waals surface area contributed by atoms with Crippen LogP contribution in [0.2, 0.25) is 0 Å². The molecule has 0 bridgehead atoms. The smallest absolute Gasteiger partial charge is 0.135 e. The number of quaternary nitrogens is 1. The van der Waals surface area contributed by atoms with Gasteiger partial charge in [-0.25, -0.2) is 0 Å². The van der Waals surface area contributed by atoms with Crippen molar-refractivity contribution < 1.29 is 21.6 Å². The molecule has 0 aliphatic rings. The third-order valence-electron chi connectivity index (χ3n) is 8.35. The fraction of sp³-hybridized carbons (Fsp3) is 0.667. The van der Waals surface area contributed by atoms with Gasteiger partial charge in [0.2, 0.25) is 0 Å². The number of nitrogens with zero attached hydrogens (tertiary/aromatic N) is 2. The minimum atomic E-state index is 0. The van der Waals surface area contributed by atoms with E-state index in [9.17, 15) is 0 Å². The molecule has 1 aromatic heterocycles. The van der Waals surface area contributed by atoms with Crippen LogP contribution in [0.1, 0.15) is 116 Å². The van der Waals surface area contributed by atoms with Crippen molar-refractivity contribution in [3.05, 3.63) is 39.3 Å². The summed E-state index contributed by atoms with van der Waals surface area (Å²) >= 11 is 7.51. The number of hydrogen-bond acceptors (Lipinski definition) is 1. The molecule has 0 amide bonds. The van der Waals surface area contributed by atoms with Crippen molar-refractivity contribution >= 4 is 53.7 Å². The Labute approximate surface area is 280 Å². The zero-order valence-electron chi connectivity index (χ0n) is 27.0. The quantitative estimate of drug-likeness (QED) is 0.0744. The maximum Gasteiger partial charge on any atom is 0.135 e. The standard InChI is InChI=1S/C36H57Br2N2O.ClH/c1-5-6-7-8-9-10-11-12-13-14-15-16-17-21-26-41-36-29-35-32(28-33(36)38)31-27-30(37)22-23-34(31)39(35)24-19-18-20-25-40(2,3)4;/h22-23,27-29H,5-21,24-26H2,1-4H3;1H/q+1;/p-1. The first-order valence-corrected chi connectivity index (χ1v) is 18.2. The average molecular weight is 729 g/mol. The van der Waals surface area contributed by atoms with Gasteiger partial charge in [0.15, 0.2) is 0 Å². The summed E-state index contributed by atoms with van der Waals surface area (Å²) in [5.41, 5.74) is 2.59. The molecule has 0 N–H and O–H groups in total. The molecule has 1 heterocycles. The maximum absolute atomic E-state index is 6.34. The first kappa shape index (κ1) is 37.4. The zero-order chi connectivity index (χ0) is 29.5. The van der Waals surface area contributed by atoms with E-state index in [1.807, 2.05) is 0 Å². The lowest BCUT2D eigenvalue weighted by Crippen LogP contribution is -3.00. The zero-order valence-corrected chi connectivity index (χ0v) is 30.9. The molecule has 0 radical (unpaired) electrons. The van der Waals surface area contributed by atoms with Crippen molar-refractivity contribution in [2.45, 2.75) is 123 Å². The van der Waals surface area contributed by atoms with Crippen LogP contribution in [-0.2, 0) is 6.54 Å². The van der Waals surface area contributed by atoms with E-state index < -0.39 is 0 Å². The molecule has 0 spiro atoms. The Morgan fingerprint density at radius 2 is 1.19 bits per heavy atom. The molecule has 0 saturated heterocycles. The van der Waals surface area contributed by atoms with Crippen LogP contribution in [-0.4, -0.2) is 43.3 Å². The summed E-state index contributed by atoms with van der Waals surface area (Å²) in [5.74, 6) is 0.973. The lowest BCUT2D eigenvalue weighted by molar-refractivity contribution is -0.870. The number of aromatic nitrogens is 1. The maximum atomic E-state index is 6.34. The fourth-order valence-corrected chi connectivity index (χ4v) is 6.75. The monoisotopic (exact) mass is 726 g/mol. The predicted octanol–water partition coefficient (Wildman–Crippen LogP) is 9.06. The van der Waals surface area contributed by atoms with Crippen molar-refractivity contribution in [1.82, 2.24) is 4.57 Å². The fourth-order valence-electron chi connectivity index (χ4n) is 5.93. The summed E-state index contributed by atoms with van der Waals surface area (Å²) in [5, 5.41) is 2.60. The van der Waals surface area contributed by atoms with Crippen LogP contribution in [0.15, 0.2) is 39.3 Å². The van der Waals surface area contributed by atoms with E-state index in [-0.39, 0.29) is 12.4 Å². The predicted molar refractivity (Wildman–Crippen MR) is 187 cm³/mol. The molecular formula is C36H57Br2ClN2O. The van der Waals surface area contributed by atoms with Crippen LogP contribution in [0, 0.1) is 0 Å². The molecule has 3 nitrogen and oxygen atoms in total. The molecule has 6 heteroatoms. The second-order valence-electron chi connectivity index (χ2n) is 13.1. The summed E-state index contributed by atoms with van der Waals surface area (Å²) in [6.45, 7) is 5.35. The Balaban J connectivity index is 0.00000616. The van der Waals surface area contributed by atoms with E-state index in [2.05, 4.69) is 94.8 Å². The van der Waals surface area contributed by atoms with Crippen molar-refractivity contribution in [3.63, 3.8) is 0 Å². The molecule has 0 aliphatic heterocycles. The van der Waals surface area contributed by atoms with Crippen LogP contribution in [0.25, 0.3) is 21.8 Å². The van der Waals surface area contributed by atoms with E-state index >= 15 is 0 Å². The lowest BCUT2D eigenvalue weighted by atomic mass is 10.0. The van der Waals surface area contributed by atoms with E-state index in [0.717, 1.165) is 38.8 Å². The van der Waals surface area contributed by atoms with Gasteiger partial charge in [0.1, 0.15) is 5.75 Å². The highest BCUT2D eigenvalue weighted by molar-refractivity contribution is 9.10. The number of benzene rings is 2. The summed E-state index contributed by atoms with van der Waals surface area (Å²) in [7, 11) is 6.84. The molecule has 0 unspecified atom stereocenters. The summed E-state index contributed by atoms with van der Waals surface area (Å²) < 4.78 is 12.1. The van der Waals surface area contributed by atoms with E-state index in [0.29, 0.717) is 0 Å². The summed E-state index contributed by atoms with van der Waals surface area (Å²) in [6.07, 6.45) is 23.0. The van der Waals surface area contributed by atoms with Gasteiger partial charge in [0, 0.05) is 33.4 Å². The molecule has 0 fully saturated rings. The van der Waals surface area contributed by atoms with Gasteiger partial charge in [-0.05, 0) is 65.9 Å². The molecule has 238 valence electrons. The van der Waals surface area contributed by atoms with Gasteiger partial charge in [-0.1, -0.05) is 106 Å². The van der Waals surface area contributed by atoms with Crippen LogP contribution >= 0.6 is 31.9 Å². The third-order valence-corrected chi connectivity index (χ3v) is 9.46. The average Bonchev–Trinajstić information content (AvgIpc) is 3.21. The minimum absolute atomic E-state index is 0. The van der Waals surface area contributed by atoms with E-state index in [4.69, 9.17) is 4.74 Å². The lowest BCUT2D eigenvalue weighted by Gasteiger charge is -2.23. The van der Waals surface area contributed by atoms with Gasteiger partial charge in [-0.15, -0.1) is 0 Å². The van der Waals surface area contributed by atoms with Crippen molar-refractivity contribution in [2.24, 2.45) is 0 Å². The first-order chi connectivity index (χ1) is 19.8. The van der Waals surface area contributed by atoms with Crippen LogP contribution in [0.3, 0.4) is 0 Å². The minimum Gasteiger partial charge on any atom is -1.00 e. The van der Waals surface area contributed by atoms with Crippen molar-refractivity contribution in [1.29, 1.82) is 0 Å². The van der Waals surface area contributed by atoms with Gasteiger partial charge in [-0.3, -0.25) is 0 Å². The Hall–Kier alpha value is -0.750. The van der Waals surface area contributed by atoms with Gasteiger partial charge in [0.05, 0.1) is 44.3 Å². The normalized spacial score (nSPS) is 11.9. The van der Waals surface area contributed by atoms with Crippen LogP contribution < -0.4 is 17.1 Å². The Morgan fingerprint density at radius 1 is 0.643 bits per heavy atom.